The van der Waals surface area contributed by atoms with Gasteiger partial charge in [-0.2, -0.15) is 0 Å². The average molecular weight is 259 g/mol. The van der Waals surface area contributed by atoms with Crippen LogP contribution in [0.4, 0.5) is 0 Å². The van der Waals surface area contributed by atoms with E-state index in [0.29, 0.717) is 20.7 Å². The number of aromatic nitrogens is 2. The van der Waals surface area contributed by atoms with Crippen LogP contribution in [0.5, 0.6) is 0 Å². The largest absolute Gasteiger partial charge is 0.301 e. The molecular formula is C8H4BrClN2O. The first-order valence-electron chi connectivity index (χ1n) is 3.52. The van der Waals surface area contributed by atoms with Crippen molar-refractivity contribution in [2.24, 2.45) is 0 Å². The third-order valence-corrected chi connectivity index (χ3v) is 2.25. The maximum atomic E-state index is 11.3. The summed E-state index contributed by atoms with van der Waals surface area (Å²) in [5.41, 5.74) is 0.414. The van der Waals surface area contributed by atoms with Gasteiger partial charge in [0.2, 0.25) is 0 Å². The number of hydrogen-bond donors (Lipinski definition) is 1. The summed E-state index contributed by atoms with van der Waals surface area (Å²) in [7, 11) is 0. The van der Waals surface area contributed by atoms with Crippen LogP contribution in [0.2, 0.25) is 5.02 Å². The first-order chi connectivity index (χ1) is 6.16. The maximum Gasteiger partial charge on any atom is 0.259 e. The van der Waals surface area contributed by atoms with Crippen LogP contribution in [-0.2, 0) is 0 Å². The van der Waals surface area contributed by atoms with E-state index in [1.807, 2.05) is 0 Å². The Kier molecular flexibility index (Phi) is 2.09. The van der Waals surface area contributed by atoms with Gasteiger partial charge in [-0.15, -0.1) is 0 Å². The molecule has 1 aromatic heterocycles. The standard InChI is InChI=1S/C8H4BrClN2O/c9-8-11-6-3-4(10)1-2-5(6)7(13)12-8/h1-3H,(H,11,12,13). The quantitative estimate of drug-likeness (QED) is 0.738. The average Bonchev–Trinajstić information content (AvgIpc) is 2.02. The zero-order valence-electron chi connectivity index (χ0n) is 6.34. The van der Waals surface area contributed by atoms with Crippen molar-refractivity contribution in [3.63, 3.8) is 0 Å². The Hall–Kier alpha value is -0.870. The fourth-order valence-corrected chi connectivity index (χ4v) is 1.62. The second-order valence-electron chi connectivity index (χ2n) is 2.52. The second kappa shape index (κ2) is 3.12. The van der Waals surface area contributed by atoms with Crippen LogP contribution in [0.1, 0.15) is 0 Å². The summed E-state index contributed by atoms with van der Waals surface area (Å²) in [5.74, 6) is 0. The van der Waals surface area contributed by atoms with Crippen molar-refractivity contribution in [3.8, 4) is 0 Å². The molecule has 5 heteroatoms. The first kappa shape index (κ1) is 8.72. The highest BCUT2D eigenvalue weighted by Gasteiger charge is 2.01. The van der Waals surface area contributed by atoms with Gasteiger partial charge in [-0.1, -0.05) is 11.6 Å². The SMILES string of the molecule is O=c1[nH]c(Br)nc2cc(Cl)ccc12. The molecule has 0 saturated heterocycles. The molecule has 1 heterocycles. The summed E-state index contributed by atoms with van der Waals surface area (Å²) in [6.07, 6.45) is 0. The molecule has 0 amide bonds. The lowest BCUT2D eigenvalue weighted by molar-refractivity contribution is 1.12. The van der Waals surface area contributed by atoms with Crippen molar-refractivity contribution in [1.82, 2.24) is 9.97 Å². The van der Waals surface area contributed by atoms with Crippen molar-refractivity contribution >= 4 is 38.4 Å². The first-order valence-corrected chi connectivity index (χ1v) is 4.69. The smallest absolute Gasteiger partial charge is 0.259 e. The Balaban J connectivity index is 2.95. The van der Waals surface area contributed by atoms with Crippen molar-refractivity contribution in [2.45, 2.75) is 0 Å². The lowest BCUT2D eigenvalue weighted by atomic mass is 10.2. The number of rotatable bonds is 0. The zero-order valence-corrected chi connectivity index (χ0v) is 8.69. The number of nitrogens with zero attached hydrogens (tertiary/aromatic N) is 1. The number of hydrogen-bond acceptors (Lipinski definition) is 2. The van der Waals surface area contributed by atoms with Gasteiger partial charge < -0.3 is 4.98 Å². The molecule has 2 aromatic rings. The van der Waals surface area contributed by atoms with E-state index >= 15 is 0 Å². The van der Waals surface area contributed by atoms with Crippen molar-refractivity contribution in [1.29, 1.82) is 0 Å². The lowest BCUT2D eigenvalue weighted by Gasteiger charge is -1.96. The van der Waals surface area contributed by atoms with Gasteiger partial charge in [0.15, 0.2) is 4.73 Å². The van der Waals surface area contributed by atoms with Crippen molar-refractivity contribution in [3.05, 3.63) is 38.3 Å². The van der Waals surface area contributed by atoms with Gasteiger partial charge in [0.25, 0.3) is 5.56 Å². The predicted octanol–water partition coefficient (Wildman–Crippen LogP) is 2.34. The molecule has 0 spiro atoms. The number of H-pyrrole nitrogens is 1. The Morgan fingerprint density at radius 2 is 2.23 bits per heavy atom. The molecule has 2 rings (SSSR count). The summed E-state index contributed by atoms with van der Waals surface area (Å²) in [5, 5.41) is 1.10. The maximum absolute atomic E-state index is 11.3. The fourth-order valence-electron chi connectivity index (χ4n) is 1.08. The molecule has 0 bridgehead atoms. The summed E-state index contributed by atoms with van der Waals surface area (Å²) in [6, 6.07) is 4.96. The number of halogens is 2. The molecule has 13 heavy (non-hydrogen) atoms. The minimum absolute atomic E-state index is 0.173. The second-order valence-corrected chi connectivity index (χ2v) is 3.71. The van der Waals surface area contributed by atoms with Gasteiger partial charge in [-0.05, 0) is 34.1 Å². The topological polar surface area (TPSA) is 45.8 Å². The van der Waals surface area contributed by atoms with Crippen LogP contribution in [0.15, 0.2) is 27.7 Å². The highest BCUT2D eigenvalue weighted by molar-refractivity contribution is 9.10. The molecule has 0 unspecified atom stereocenters. The predicted molar refractivity (Wildman–Crippen MR) is 55.1 cm³/mol. The van der Waals surface area contributed by atoms with E-state index in [0.717, 1.165) is 0 Å². The van der Waals surface area contributed by atoms with Gasteiger partial charge in [-0.25, -0.2) is 4.98 Å². The van der Waals surface area contributed by atoms with Crippen LogP contribution >= 0.6 is 27.5 Å². The van der Waals surface area contributed by atoms with E-state index in [2.05, 4.69) is 25.9 Å². The van der Waals surface area contributed by atoms with E-state index in [1.54, 1.807) is 18.2 Å². The molecule has 1 N–H and O–H groups in total. The van der Waals surface area contributed by atoms with Crippen LogP contribution in [0, 0.1) is 0 Å². The summed E-state index contributed by atoms with van der Waals surface area (Å²) in [6.45, 7) is 0. The molecule has 0 atom stereocenters. The Morgan fingerprint density at radius 3 is 3.00 bits per heavy atom. The summed E-state index contributed by atoms with van der Waals surface area (Å²) in [4.78, 5) is 18.0. The van der Waals surface area contributed by atoms with Gasteiger partial charge in [0, 0.05) is 5.02 Å². The molecule has 0 saturated carbocycles. The van der Waals surface area contributed by atoms with Gasteiger partial charge in [0.1, 0.15) is 0 Å². The third-order valence-electron chi connectivity index (χ3n) is 1.64. The Morgan fingerprint density at radius 1 is 1.46 bits per heavy atom. The number of aromatic amines is 1. The van der Waals surface area contributed by atoms with Gasteiger partial charge in [0.05, 0.1) is 10.9 Å². The summed E-state index contributed by atoms with van der Waals surface area (Å²) >= 11 is 8.85. The highest BCUT2D eigenvalue weighted by Crippen LogP contribution is 2.15. The lowest BCUT2D eigenvalue weighted by Crippen LogP contribution is -2.07. The van der Waals surface area contributed by atoms with Gasteiger partial charge >= 0.3 is 0 Å². The Bertz CT molecular complexity index is 518. The minimum Gasteiger partial charge on any atom is -0.301 e. The minimum atomic E-state index is -0.173. The zero-order chi connectivity index (χ0) is 9.42. The number of benzene rings is 1. The van der Waals surface area contributed by atoms with E-state index in [9.17, 15) is 4.79 Å². The molecule has 0 fully saturated rings. The molecule has 0 aliphatic heterocycles. The molecule has 3 nitrogen and oxygen atoms in total. The van der Waals surface area contributed by atoms with Crippen molar-refractivity contribution in [2.75, 3.05) is 0 Å². The van der Waals surface area contributed by atoms with E-state index in [1.165, 1.54) is 0 Å². The monoisotopic (exact) mass is 258 g/mol. The van der Waals surface area contributed by atoms with Crippen LogP contribution in [-0.4, -0.2) is 9.97 Å². The highest BCUT2D eigenvalue weighted by atomic mass is 79.9. The van der Waals surface area contributed by atoms with Crippen molar-refractivity contribution < 1.29 is 0 Å². The molecule has 0 aliphatic rings. The molecule has 1 aromatic carbocycles. The molecular weight excluding hydrogens is 255 g/mol. The van der Waals surface area contributed by atoms with E-state index < -0.39 is 0 Å². The molecule has 66 valence electrons. The Labute approximate surface area is 86.9 Å². The van der Waals surface area contributed by atoms with E-state index in [4.69, 9.17) is 11.6 Å². The van der Waals surface area contributed by atoms with Gasteiger partial charge in [-0.3, -0.25) is 4.79 Å². The van der Waals surface area contributed by atoms with E-state index in [-0.39, 0.29) is 5.56 Å². The fraction of sp³-hybridized carbons (Fsp3) is 0. The normalized spacial score (nSPS) is 10.6. The third kappa shape index (κ3) is 1.59. The van der Waals surface area contributed by atoms with Crippen LogP contribution < -0.4 is 5.56 Å². The van der Waals surface area contributed by atoms with Crippen LogP contribution in [0.3, 0.4) is 0 Å². The summed E-state index contributed by atoms with van der Waals surface area (Å²) < 4.78 is 0.410. The number of fused-ring (bicyclic) bond motifs is 1. The van der Waals surface area contributed by atoms with Crippen LogP contribution in [0.25, 0.3) is 10.9 Å². The number of nitrogens with one attached hydrogen (secondary N) is 1. The molecule has 0 radical (unpaired) electrons. The molecule has 0 aliphatic carbocycles.